The first-order chi connectivity index (χ1) is 12.0. The predicted octanol–water partition coefficient (Wildman–Crippen LogP) is 3.25. The van der Waals surface area contributed by atoms with Gasteiger partial charge in [-0.15, -0.1) is 0 Å². The summed E-state index contributed by atoms with van der Waals surface area (Å²) >= 11 is 0. The van der Waals surface area contributed by atoms with Crippen LogP contribution in [0.15, 0.2) is 48.5 Å². The van der Waals surface area contributed by atoms with E-state index in [4.69, 9.17) is 4.74 Å². The van der Waals surface area contributed by atoms with Gasteiger partial charge in [0.2, 0.25) is 0 Å². The first-order valence-electron chi connectivity index (χ1n) is 8.55. The van der Waals surface area contributed by atoms with Crippen LogP contribution < -0.4 is 9.64 Å². The third-order valence-electron chi connectivity index (χ3n) is 4.43. The highest BCUT2D eigenvalue weighted by Crippen LogP contribution is 2.19. The van der Waals surface area contributed by atoms with Crippen LogP contribution in [0, 0.1) is 12.7 Å². The van der Waals surface area contributed by atoms with Gasteiger partial charge in [-0.3, -0.25) is 4.79 Å². The Morgan fingerprint density at radius 2 is 1.76 bits per heavy atom. The molecule has 0 radical (unpaired) electrons. The molecule has 0 spiro atoms. The molecule has 25 heavy (non-hydrogen) atoms. The molecule has 2 aromatic rings. The van der Waals surface area contributed by atoms with Crippen LogP contribution in [-0.4, -0.2) is 43.1 Å². The number of carbonyl (C=O) groups excluding carboxylic acids is 1. The van der Waals surface area contributed by atoms with Crippen molar-refractivity contribution in [1.82, 2.24) is 4.90 Å². The van der Waals surface area contributed by atoms with E-state index in [1.165, 1.54) is 12.1 Å². The van der Waals surface area contributed by atoms with Gasteiger partial charge in [0.15, 0.2) is 6.10 Å². The fraction of sp³-hybridized carbons (Fsp3) is 0.350. The molecule has 3 rings (SSSR count). The van der Waals surface area contributed by atoms with Crippen LogP contribution in [0.1, 0.15) is 12.5 Å². The maximum Gasteiger partial charge on any atom is 0.263 e. The van der Waals surface area contributed by atoms with Gasteiger partial charge < -0.3 is 14.5 Å². The van der Waals surface area contributed by atoms with Gasteiger partial charge in [-0.2, -0.15) is 0 Å². The quantitative estimate of drug-likeness (QED) is 0.855. The summed E-state index contributed by atoms with van der Waals surface area (Å²) in [5.41, 5.74) is 2.09. The molecule has 0 bridgehead atoms. The molecular weight excluding hydrogens is 319 g/mol. The molecule has 0 saturated carbocycles. The fourth-order valence-electron chi connectivity index (χ4n) is 3.04. The van der Waals surface area contributed by atoms with E-state index in [-0.39, 0.29) is 11.7 Å². The lowest BCUT2D eigenvalue weighted by Crippen LogP contribution is -2.52. The average molecular weight is 342 g/mol. The highest BCUT2D eigenvalue weighted by molar-refractivity contribution is 5.81. The van der Waals surface area contributed by atoms with Crippen molar-refractivity contribution in [2.45, 2.75) is 20.0 Å². The lowest BCUT2D eigenvalue weighted by Gasteiger charge is -2.37. The summed E-state index contributed by atoms with van der Waals surface area (Å²) in [5, 5.41) is 0. The average Bonchev–Trinajstić information content (AvgIpc) is 2.62. The molecule has 5 heteroatoms. The first kappa shape index (κ1) is 17.3. The van der Waals surface area contributed by atoms with E-state index >= 15 is 0 Å². The highest BCUT2D eigenvalue weighted by Gasteiger charge is 2.26. The van der Waals surface area contributed by atoms with Crippen molar-refractivity contribution in [2.24, 2.45) is 0 Å². The normalized spacial score (nSPS) is 15.8. The van der Waals surface area contributed by atoms with Crippen LogP contribution in [0.25, 0.3) is 0 Å². The number of ether oxygens (including phenoxy) is 1. The summed E-state index contributed by atoms with van der Waals surface area (Å²) in [6.07, 6.45) is -0.515. The number of anilines is 1. The molecule has 0 N–H and O–H groups in total. The summed E-state index contributed by atoms with van der Waals surface area (Å²) < 4.78 is 18.8. The molecule has 0 aromatic heterocycles. The van der Waals surface area contributed by atoms with Crippen LogP contribution in [0.3, 0.4) is 0 Å². The van der Waals surface area contributed by atoms with Crippen LogP contribution in [0.2, 0.25) is 0 Å². The third-order valence-corrected chi connectivity index (χ3v) is 4.43. The summed E-state index contributed by atoms with van der Waals surface area (Å²) in [6, 6.07) is 14.2. The van der Waals surface area contributed by atoms with Crippen molar-refractivity contribution in [1.29, 1.82) is 0 Å². The zero-order valence-corrected chi connectivity index (χ0v) is 14.6. The van der Waals surface area contributed by atoms with Gasteiger partial charge in [0.25, 0.3) is 5.91 Å². The smallest absolute Gasteiger partial charge is 0.263 e. The molecule has 1 aliphatic rings. The summed E-state index contributed by atoms with van der Waals surface area (Å²) in [5.74, 6) is 0.478. The number of amides is 1. The second-order valence-corrected chi connectivity index (χ2v) is 6.37. The van der Waals surface area contributed by atoms with Gasteiger partial charge in [-0.05, 0) is 55.8 Å². The minimum Gasteiger partial charge on any atom is -0.481 e. The van der Waals surface area contributed by atoms with E-state index in [1.54, 1.807) is 19.1 Å². The SMILES string of the molecule is Cc1cccc(O[C@@H](C)C(=O)N2CCN(c3ccc(F)cc3)CC2)c1. The molecular formula is C20H23FN2O2. The van der Waals surface area contributed by atoms with Gasteiger partial charge in [-0.1, -0.05) is 12.1 Å². The minimum absolute atomic E-state index is 0.000243. The number of benzene rings is 2. The first-order valence-corrected chi connectivity index (χ1v) is 8.55. The Bertz CT molecular complexity index is 725. The van der Waals surface area contributed by atoms with Crippen molar-refractivity contribution in [2.75, 3.05) is 31.1 Å². The monoisotopic (exact) mass is 342 g/mol. The highest BCUT2D eigenvalue weighted by atomic mass is 19.1. The van der Waals surface area contributed by atoms with Gasteiger partial charge in [0, 0.05) is 31.9 Å². The van der Waals surface area contributed by atoms with Gasteiger partial charge in [0.1, 0.15) is 11.6 Å². The maximum absolute atomic E-state index is 13.0. The Kier molecular flexibility index (Phi) is 5.22. The van der Waals surface area contributed by atoms with Crippen molar-refractivity contribution in [3.8, 4) is 5.75 Å². The van der Waals surface area contributed by atoms with Crippen molar-refractivity contribution >= 4 is 11.6 Å². The fourth-order valence-corrected chi connectivity index (χ4v) is 3.04. The zero-order chi connectivity index (χ0) is 17.8. The van der Waals surface area contributed by atoms with Gasteiger partial charge in [0.05, 0.1) is 0 Å². The molecule has 4 nitrogen and oxygen atoms in total. The molecule has 1 heterocycles. The Hall–Kier alpha value is -2.56. The Morgan fingerprint density at radius 1 is 1.08 bits per heavy atom. The van der Waals surface area contributed by atoms with Gasteiger partial charge in [-0.25, -0.2) is 4.39 Å². The van der Waals surface area contributed by atoms with E-state index < -0.39 is 6.10 Å². The van der Waals surface area contributed by atoms with E-state index in [2.05, 4.69) is 4.90 Å². The number of nitrogens with zero attached hydrogens (tertiary/aromatic N) is 2. The molecule has 1 saturated heterocycles. The van der Waals surface area contributed by atoms with E-state index in [0.29, 0.717) is 18.8 Å². The second-order valence-electron chi connectivity index (χ2n) is 6.37. The number of halogens is 1. The number of aryl methyl sites for hydroxylation is 1. The summed E-state index contributed by atoms with van der Waals surface area (Å²) in [6.45, 7) is 6.52. The van der Waals surface area contributed by atoms with Gasteiger partial charge >= 0.3 is 0 Å². The lowest BCUT2D eigenvalue weighted by molar-refractivity contribution is -0.138. The van der Waals surface area contributed by atoms with Crippen LogP contribution in [-0.2, 0) is 4.79 Å². The standard InChI is InChI=1S/C20H23FN2O2/c1-15-4-3-5-19(14-15)25-16(2)20(24)23-12-10-22(11-13-23)18-8-6-17(21)7-9-18/h3-9,14,16H,10-13H2,1-2H3/t16-/m0/s1. The third kappa shape index (κ3) is 4.29. The number of hydrogen-bond acceptors (Lipinski definition) is 3. The Labute approximate surface area is 147 Å². The predicted molar refractivity (Wildman–Crippen MR) is 96.5 cm³/mol. The molecule has 132 valence electrons. The maximum atomic E-state index is 13.0. The topological polar surface area (TPSA) is 32.8 Å². The number of piperazine rings is 1. The molecule has 1 atom stereocenters. The lowest BCUT2D eigenvalue weighted by atomic mass is 10.2. The Balaban J connectivity index is 1.54. The molecule has 1 aliphatic heterocycles. The molecule has 1 fully saturated rings. The molecule has 1 amide bonds. The summed E-state index contributed by atoms with van der Waals surface area (Å²) in [4.78, 5) is 16.6. The second kappa shape index (κ2) is 7.55. The largest absolute Gasteiger partial charge is 0.481 e. The van der Waals surface area contributed by atoms with Crippen molar-refractivity contribution < 1.29 is 13.9 Å². The van der Waals surface area contributed by atoms with Crippen molar-refractivity contribution in [3.63, 3.8) is 0 Å². The minimum atomic E-state index is -0.515. The van der Waals surface area contributed by atoms with Crippen LogP contribution in [0.5, 0.6) is 5.75 Å². The van der Waals surface area contributed by atoms with Crippen LogP contribution in [0.4, 0.5) is 10.1 Å². The number of hydrogen-bond donors (Lipinski definition) is 0. The summed E-state index contributed by atoms with van der Waals surface area (Å²) in [7, 11) is 0. The molecule has 0 aliphatic carbocycles. The molecule has 0 unspecified atom stereocenters. The number of rotatable bonds is 4. The van der Waals surface area contributed by atoms with Crippen molar-refractivity contribution in [3.05, 3.63) is 59.9 Å². The van der Waals surface area contributed by atoms with E-state index in [1.807, 2.05) is 36.1 Å². The van der Waals surface area contributed by atoms with E-state index in [0.717, 1.165) is 24.3 Å². The number of carbonyl (C=O) groups is 1. The Morgan fingerprint density at radius 3 is 2.40 bits per heavy atom. The molecule has 2 aromatic carbocycles. The zero-order valence-electron chi connectivity index (χ0n) is 14.6. The van der Waals surface area contributed by atoms with E-state index in [9.17, 15) is 9.18 Å². The van der Waals surface area contributed by atoms with Crippen LogP contribution >= 0.6 is 0 Å².